The number of benzene rings is 1. The molecule has 0 aliphatic rings. The Bertz CT molecular complexity index is 579. The van der Waals surface area contributed by atoms with Crippen molar-refractivity contribution in [3.05, 3.63) is 47.8 Å². The number of ether oxygens (including phenoxy) is 1. The zero-order valence-electron chi connectivity index (χ0n) is 12.6. The fourth-order valence-corrected chi connectivity index (χ4v) is 2.14. The number of nitrogens with zero attached hydrogens (tertiary/aromatic N) is 1. The molecule has 0 aliphatic heterocycles. The number of aromatic nitrogens is 1. The van der Waals surface area contributed by atoms with Crippen LogP contribution in [0.4, 0.5) is 0 Å². The van der Waals surface area contributed by atoms with Crippen LogP contribution in [0.25, 0.3) is 11.1 Å². The molecule has 1 aromatic carbocycles. The van der Waals surface area contributed by atoms with Crippen LogP contribution in [0.15, 0.2) is 36.5 Å². The molecule has 1 heterocycles. The largest absolute Gasteiger partial charge is 0.496 e. The third-order valence-electron chi connectivity index (χ3n) is 3.21. The number of rotatable bonds is 5. The topological polar surface area (TPSA) is 34.1 Å². The Balaban J connectivity index is 2.33. The van der Waals surface area contributed by atoms with Crippen LogP contribution in [0.1, 0.15) is 25.1 Å². The average Bonchev–Trinajstić information content (AvgIpc) is 2.44. The van der Waals surface area contributed by atoms with Crippen LogP contribution in [0.5, 0.6) is 5.75 Å². The molecule has 0 saturated carbocycles. The highest BCUT2D eigenvalue weighted by Gasteiger charge is 2.07. The molecule has 0 spiro atoms. The lowest BCUT2D eigenvalue weighted by Gasteiger charge is -2.13. The monoisotopic (exact) mass is 270 g/mol. The zero-order valence-corrected chi connectivity index (χ0v) is 12.6. The molecule has 106 valence electrons. The Morgan fingerprint density at radius 2 is 1.90 bits per heavy atom. The minimum absolute atomic E-state index is 0.450. The van der Waals surface area contributed by atoms with Crippen LogP contribution in [0, 0.1) is 6.92 Å². The predicted octanol–water partition coefficient (Wildman–Crippen LogP) is 3.56. The molecular weight excluding hydrogens is 248 g/mol. The number of hydrogen-bond donors (Lipinski definition) is 1. The van der Waals surface area contributed by atoms with Gasteiger partial charge >= 0.3 is 0 Å². The Morgan fingerprint density at radius 1 is 1.15 bits per heavy atom. The molecule has 2 rings (SSSR count). The minimum Gasteiger partial charge on any atom is -0.496 e. The number of pyridine rings is 1. The van der Waals surface area contributed by atoms with Crippen molar-refractivity contribution >= 4 is 0 Å². The molecule has 1 N–H and O–H groups in total. The molecule has 3 heteroatoms. The van der Waals surface area contributed by atoms with E-state index in [1.807, 2.05) is 25.3 Å². The highest BCUT2D eigenvalue weighted by atomic mass is 16.5. The van der Waals surface area contributed by atoms with Gasteiger partial charge in [-0.05, 0) is 42.3 Å². The fourth-order valence-electron chi connectivity index (χ4n) is 2.14. The highest BCUT2D eigenvalue weighted by Crippen LogP contribution is 2.26. The summed E-state index contributed by atoms with van der Waals surface area (Å²) >= 11 is 0. The summed E-state index contributed by atoms with van der Waals surface area (Å²) in [6.07, 6.45) is 1.85. The van der Waals surface area contributed by atoms with Crippen LogP contribution >= 0.6 is 0 Å². The molecule has 0 fully saturated rings. The second-order valence-electron chi connectivity index (χ2n) is 5.25. The van der Waals surface area contributed by atoms with Crippen molar-refractivity contribution in [2.75, 3.05) is 7.11 Å². The van der Waals surface area contributed by atoms with Crippen LogP contribution in [-0.4, -0.2) is 18.1 Å². The van der Waals surface area contributed by atoms with Gasteiger partial charge in [0, 0.05) is 30.0 Å². The third-order valence-corrected chi connectivity index (χ3v) is 3.21. The minimum atomic E-state index is 0.450. The van der Waals surface area contributed by atoms with Crippen LogP contribution in [0.3, 0.4) is 0 Å². The van der Waals surface area contributed by atoms with Gasteiger partial charge in [-0.2, -0.15) is 0 Å². The first kappa shape index (κ1) is 14.5. The van der Waals surface area contributed by atoms with Gasteiger partial charge in [-0.15, -0.1) is 0 Å². The van der Waals surface area contributed by atoms with Gasteiger partial charge in [0.05, 0.1) is 7.11 Å². The Hall–Kier alpha value is -1.87. The number of hydrogen-bond acceptors (Lipinski definition) is 3. The van der Waals surface area contributed by atoms with E-state index in [1.54, 1.807) is 7.11 Å². The van der Waals surface area contributed by atoms with E-state index >= 15 is 0 Å². The molecule has 2 aromatic rings. The van der Waals surface area contributed by atoms with Crippen molar-refractivity contribution in [1.82, 2.24) is 10.3 Å². The molecule has 0 unspecified atom stereocenters. The van der Waals surface area contributed by atoms with E-state index < -0.39 is 0 Å². The van der Waals surface area contributed by atoms with Crippen LogP contribution < -0.4 is 10.1 Å². The molecule has 0 saturated heterocycles. The molecule has 1 aromatic heterocycles. The maximum absolute atomic E-state index is 5.44. The molecule has 0 atom stereocenters. The van der Waals surface area contributed by atoms with Gasteiger partial charge in [0.2, 0.25) is 0 Å². The molecular formula is C17H22N2O. The quantitative estimate of drug-likeness (QED) is 0.902. The lowest BCUT2D eigenvalue weighted by atomic mass is 10.0. The maximum Gasteiger partial charge on any atom is 0.123 e. The molecule has 0 radical (unpaired) electrons. The third kappa shape index (κ3) is 3.58. The first-order chi connectivity index (χ1) is 9.60. The van der Waals surface area contributed by atoms with Gasteiger partial charge in [0.15, 0.2) is 0 Å². The zero-order chi connectivity index (χ0) is 14.5. The van der Waals surface area contributed by atoms with E-state index in [0.29, 0.717) is 6.04 Å². The van der Waals surface area contributed by atoms with Crippen molar-refractivity contribution in [3.63, 3.8) is 0 Å². The SMILES string of the molecule is COc1ccc(-c2ccnc(C)c2)cc1CNC(C)C. The van der Waals surface area contributed by atoms with Crippen molar-refractivity contribution in [2.24, 2.45) is 0 Å². The standard InChI is InChI=1S/C17H22N2O/c1-12(2)19-11-16-10-14(5-6-17(16)20-4)15-7-8-18-13(3)9-15/h5-10,12,19H,11H2,1-4H3. The lowest BCUT2D eigenvalue weighted by Crippen LogP contribution is -2.22. The van der Waals surface area contributed by atoms with Gasteiger partial charge in [0.1, 0.15) is 5.75 Å². The number of aryl methyl sites for hydroxylation is 1. The van der Waals surface area contributed by atoms with Crippen LogP contribution in [-0.2, 0) is 6.54 Å². The normalized spacial score (nSPS) is 10.8. The van der Waals surface area contributed by atoms with Crippen LogP contribution in [0.2, 0.25) is 0 Å². The van der Waals surface area contributed by atoms with E-state index in [2.05, 4.69) is 42.3 Å². The smallest absolute Gasteiger partial charge is 0.123 e. The van der Waals surface area contributed by atoms with Gasteiger partial charge in [-0.1, -0.05) is 19.9 Å². The van der Waals surface area contributed by atoms with Crippen molar-refractivity contribution in [2.45, 2.75) is 33.4 Å². The maximum atomic E-state index is 5.44. The van der Waals surface area contributed by atoms with Gasteiger partial charge in [-0.25, -0.2) is 0 Å². The summed E-state index contributed by atoms with van der Waals surface area (Å²) in [5.41, 5.74) is 4.58. The summed E-state index contributed by atoms with van der Waals surface area (Å²) in [6.45, 7) is 7.10. The molecule has 0 amide bonds. The van der Waals surface area contributed by atoms with Crippen molar-refractivity contribution in [1.29, 1.82) is 0 Å². The Labute approximate surface area is 121 Å². The Kier molecular flexibility index (Phi) is 4.74. The second kappa shape index (κ2) is 6.53. The molecule has 0 bridgehead atoms. The van der Waals surface area contributed by atoms with E-state index in [4.69, 9.17) is 4.74 Å². The summed E-state index contributed by atoms with van der Waals surface area (Å²) < 4.78 is 5.44. The Morgan fingerprint density at radius 3 is 2.55 bits per heavy atom. The number of nitrogens with one attached hydrogen (secondary N) is 1. The van der Waals surface area contributed by atoms with Crippen molar-refractivity contribution < 1.29 is 4.74 Å². The lowest BCUT2D eigenvalue weighted by molar-refractivity contribution is 0.406. The average molecular weight is 270 g/mol. The van der Waals surface area contributed by atoms with E-state index in [9.17, 15) is 0 Å². The highest BCUT2D eigenvalue weighted by molar-refractivity contribution is 5.65. The first-order valence-electron chi connectivity index (χ1n) is 6.93. The summed E-state index contributed by atoms with van der Waals surface area (Å²) in [7, 11) is 1.71. The van der Waals surface area contributed by atoms with Gasteiger partial charge in [-0.3, -0.25) is 4.98 Å². The molecule has 3 nitrogen and oxygen atoms in total. The van der Waals surface area contributed by atoms with E-state index in [-0.39, 0.29) is 0 Å². The summed E-state index contributed by atoms with van der Waals surface area (Å²) in [4.78, 5) is 4.24. The predicted molar refractivity (Wildman–Crippen MR) is 82.9 cm³/mol. The number of methoxy groups -OCH3 is 1. The fraction of sp³-hybridized carbons (Fsp3) is 0.353. The van der Waals surface area contributed by atoms with Crippen molar-refractivity contribution in [3.8, 4) is 16.9 Å². The summed E-state index contributed by atoms with van der Waals surface area (Å²) in [5, 5.41) is 3.43. The van der Waals surface area contributed by atoms with E-state index in [0.717, 1.165) is 18.0 Å². The van der Waals surface area contributed by atoms with Gasteiger partial charge < -0.3 is 10.1 Å². The summed E-state index contributed by atoms with van der Waals surface area (Å²) in [5.74, 6) is 0.924. The first-order valence-corrected chi connectivity index (χ1v) is 6.93. The van der Waals surface area contributed by atoms with E-state index in [1.165, 1.54) is 16.7 Å². The molecule has 20 heavy (non-hydrogen) atoms. The molecule has 0 aliphatic carbocycles. The second-order valence-corrected chi connectivity index (χ2v) is 5.25. The summed E-state index contributed by atoms with van der Waals surface area (Å²) in [6, 6.07) is 10.9. The van der Waals surface area contributed by atoms with Gasteiger partial charge in [0.25, 0.3) is 0 Å².